The fourth-order valence-corrected chi connectivity index (χ4v) is 3.93. The average Bonchev–Trinajstić information content (AvgIpc) is 3.64. The van der Waals surface area contributed by atoms with Crippen LogP contribution in [0.5, 0.6) is 5.75 Å². The van der Waals surface area contributed by atoms with E-state index in [1.165, 1.54) is 0 Å². The molecule has 6 nitrogen and oxygen atoms in total. The van der Waals surface area contributed by atoms with Crippen molar-refractivity contribution in [2.75, 3.05) is 39.8 Å². The number of rotatable bonds is 7. The molecule has 1 aliphatic carbocycles. The highest BCUT2D eigenvalue weighted by atomic mass is 16.5. The summed E-state index contributed by atoms with van der Waals surface area (Å²) in [6, 6.07) is 17.6. The Kier molecular flexibility index (Phi) is 6.33. The molecular weight excluding hydrogens is 378 g/mol. The van der Waals surface area contributed by atoms with Crippen molar-refractivity contribution in [3.05, 3.63) is 65.7 Å². The summed E-state index contributed by atoms with van der Waals surface area (Å²) in [5.41, 5.74) is 2.05. The van der Waals surface area contributed by atoms with Crippen molar-refractivity contribution in [2.45, 2.75) is 18.9 Å². The molecule has 0 spiro atoms. The van der Waals surface area contributed by atoms with Crippen molar-refractivity contribution in [1.29, 1.82) is 0 Å². The molecule has 1 aliphatic heterocycles. The molecule has 1 saturated carbocycles. The summed E-state index contributed by atoms with van der Waals surface area (Å²) in [5, 5.41) is 3.19. The normalized spacial score (nSPS) is 18.0. The number of carbonyl (C=O) groups is 2. The third-order valence-corrected chi connectivity index (χ3v) is 5.87. The first kappa shape index (κ1) is 20.4. The maximum Gasteiger partial charge on any atom is 0.234 e. The number of ether oxygens (including phenoxy) is 1. The zero-order chi connectivity index (χ0) is 20.9. The molecule has 6 heteroatoms. The minimum Gasteiger partial charge on any atom is -0.497 e. The van der Waals surface area contributed by atoms with E-state index in [0.717, 1.165) is 42.8 Å². The van der Waals surface area contributed by atoms with E-state index in [0.29, 0.717) is 25.5 Å². The lowest BCUT2D eigenvalue weighted by atomic mass is 9.98. The van der Waals surface area contributed by atoms with Gasteiger partial charge in [-0.2, -0.15) is 0 Å². The summed E-state index contributed by atoms with van der Waals surface area (Å²) in [5.74, 6) is 1.33. The lowest BCUT2D eigenvalue weighted by molar-refractivity contribution is -0.134. The highest BCUT2D eigenvalue weighted by Crippen LogP contribution is 2.31. The first-order chi connectivity index (χ1) is 14.6. The standard InChI is InChI=1S/C24H29N3O3/c1-30-21-11-9-19(10-12-21)23(18-5-3-2-4-6-18)25-22(28)17-26-13-15-27(16-14-26)24(29)20-7-8-20/h2-6,9-12,20,23H,7-8,13-17H2,1H3,(H,25,28)/t23-/m0/s1. The van der Waals surface area contributed by atoms with Crippen LogP contribution in [0.3, 0.4) is 0 Å². The lowest BCUT2D eigenvalue weighted by Crippen LogP contribution is -2.51. The molecule has 1 N–H and O–H groups in total. The average molecular weight is 408 g/mol. The molecule has 2 amide bonds. The predicted molar refractivity (Wildman–Crippen MR) is 115 cm³/mol. The summed E-state index contributed by atoms with van der Waals surface area (Å²) < 4.78 is 5.26. The van der Waals surface area contributed by atoms with Gasteiger partial charge < -0.3 is 15.0 Å². The second-order valence-corrected chi connectivity index (χ2v) is 8.06. The van der Waals surface area contributed by atoms with E-state index in [4.69, 9.17) is 4.74 Å². The molecular formula is C24H29N3O3. The largest absolute Gasteiger partial charge is 0.497 e. The van der Waals surface area contributed by atoms with Crippen LogP contribution in [0, 0.1) is 5.92 Å². The van der Waals surface area contributed by atoms with E-state index in [1.54, 1.807) is 7.11 Å². The summed E-state index contributed by atoms with van der Waals surface area (Å²) >= 11 is 0. The molecule has 1 heterocycles. The third-order valence-electron chi connectivity index (χ3n) is 5.87. The first-order valence-corrected chi connectivity index (χ1v) is 10.6. The van der Waals surface area contributed by atoms with Crippen molar-refractivity contribution in [2.24, 2.45) is 5.92 Å². The molecule has 30 heavy (non-hydrogen) atoms. The minimum absolute atomic E-state index is 0.0124. The number of piperazine rings is 1. The molecule has 0 aromatic heterocycles. The van der Waals surface area contributed by atoms with Crippen LogP contribution in [0.25, 0.3) is 0 Å². The number of amides is 2. The van der Waals surface area contributed by atoms with Crippen LogP contribution in [-0.4, -0.2) is 61.4 Å². The van der Waals surface area contributed by atoms with Gasteiger partial charge in [-0.15, -0.1) is 0 Å². The van der Waals surface area contributed by atoms with Gasteiger partial charge in [-0.05, 0) is 36.1 Å². The van der Waals surface area contributed by atoms with Gasteiger partial charge in [-0.25, -0.2) is 0 Å². The quantitative estimate of drug-likeness (QED) is 0.766. The van der Waals surface area contributed by atoms with Crippen LogP contribution in [0.15, 0.2) is 54.6 Å². The Morgan fingerprint density at radius 2 is 1.60 bits per heavy atom. The topological polar surface area (TPSA) is 61.9 Å². The van der Waals surface area contributed by atoms with Crippen LogP contribution < -0.4 is 10.1 Å². The van der Waals surface area contributed by atoms with Gasteiger partial charge in [-0.1, -0.05) is 42.5 Å². The number of hydrogen-bond donors (Lipinski definition) is 1. The molecule has 0 radical (unpaired) electrons. The first-order valence-electron chi connectivity index (χ1n) is 10.6. The van der Waals surface area contributed by atoms with E-state index in [9.17, 15) is 9.59 Å². The smallest absolute Gasteiger partial charge is 0.234 e. The zero-order valence-electron chi connectivity index (χ0n) is 17.4. The van der Waals surface area contributed by atoms with Gasteiger partial charge in [0.2, 0.25) is 11.8 Å². The molecule has 0 unspecified atom stereocenters. The summed E-state index contributed by atoms with van der Waals surface area (Å²) in [7, 11) is 1.64. The molecule has 1 atom stereocenters. The van der Waals surface area contributed by atoms with E-state index >= 15 is 0 Å². The Hall–Kier alpha value is -2.86. The lowest BCUT2D eigenvalue weighted by Gasteiger charge is -2.34. The maximum absolute atomic E-state index is 12.9. The van der Waals surface area contributed by atoms with Gasteiger partial charge in [0.25, 0.3) is 0 Å². The van der Waals surface area contributed by atoms with E-state index in [-0.39, 0.29) is 17.9 Å². The number of carbonyl (C=O) groups excluding carboxylic acids is 2. The van der Waals surface area contributed by atoms with Crippen LogP contribution in [-0.2, 0) is 9.59 Å². The molecule has 1 saturated heterocycles. The molecule has 2 aliphatic rings. The van der Waals surface area contributed by atoms with E-state index in [2.05, 4.69) is 10.2 Å². The molecule has 2 fully saturated rings. The third kappa shape index (κ3) is 5.00. The number of methoxy groups -OCH3 is 1. The zero-order valence-corrected chi connectivity index (χ0v) is 17.4. The Morgan fingerprint density at radius 1 is 0.967 bits per heavy atom. The molecule has 158 valence electrons. The highest BCUT2D eigenvalue weighted by Gasteiger charge is 2.34. The summed E-state index contributed by atoms with van der Waals surface area (Å²) in [4.78, 5) is 29.2. The Labute approximate surface area is 177 Å². The van der Waals surface area contributed by atoms with Crippen LogP contribution in [0.1, 0.15) is 30.0 Å². The Balaban J connectivity index is 1.37. The fourth-order valence-electron chi connectivity index (χ4n) is 3.93. The molecule has 4 rings (SSSR count). The molecule has 0 bridgehead atoms. The fraction of sp³-hybridized carbons (Fsp3) is 0.417. The van der Waals surface area contributed by atoms with E-state index in [1.807, 2.05) is 59.5 Å². The van der Waals surface area contributed by atoms with Crippen molar-refractivity contribution in [3.63, 3.8) is 0 Å². The van der Waals surface area contributed by atoms with Crippen molar-refractivity contribution >= 4 is 11.8 Å². The van der Waals surface area contributed by atoms with Gasteiger partial charge in [0.05, 0.1) is 19.7 Å². The number of hydrogen-bond acceptors (Lipinski definition) is 4. The van der Waals surface area contributed by atoms with Gasteiger partial charge >= 0.3 is 0 Å². The van der Waals surface area contributed by atoms with Crippen LogP contribution >= 0.6 is 0 Å². The monoisotopic (exact) mass is 407 g/mol. The minimum atomic E-state index is -0.220. The van der Waals surface area contributed by atoms with Crippen LogP contribution in [0.2, 0.25) is 0 Å². The summed E-state index contributed by atoms with van der Waals surface area (Å²) in [6.45, 7) is 3.24. The second kappa shape index (κ2) is 9.30. The van der Waals surface area contributed by atoms with Crippen molar-refractivity contribution in [3.8, 4) is 5.75 Å². The van der Waals surface area contributed by atoms with Gasteiger partial charge in [0.15, 0.2) is 0 Å². The van der Waals surface area contributed by atoms with Gasteiger partial charge in [0.1, 0.15) is 5.75 Å². The predicted octanol–water partition coefficient (Wildman–Crippen LogP) is 2.46. The van der Waals surface area contributed by atoms with Crippen LogP contribution in [0.4, 0.5) is 0 Å². The van der Waals surface area contributed by atoms with Crippen molar-refractivity contribution in [1.82, 2.24) is 15.1 Å². The van der Waals surface area contributed by atoms with Crippen molar-refractivity contribution < 1.29 is 14.3 Å². The number of nitrogens with zero attached hydrogens (tertiary/aromatic N) is 2. The second-order valence-electron chi connectivity index (χ2n) is 8.06. The highest BCUT2D eigenvalue weighted by molar-refractivity contribution is 5.81. The number of benzene rings is 2. The summed E-state index contributed by atoms with van der Waals surface area (Å²) in [6.07, 6.45) is 2.07. The SMILES string of the molecule is COc1ccc([C@@H](NC(=O)CN2CCN(C(=O)C3CC3)CC2)c2ccccc2)cc1. The van der Waals surface area contributed by atoms with E-state index < -0.39 is 0 Å². The molecule has 2 aromatic carbocycles. The Morgan fingerprint density at radius 3 is 2.20 bits per heavy atom. The van der Waals surface area contributed by atoms with Gasteiger partial charge in [0, 0.05) is 32.1 Å². The van der Waals surface area contributed by atoms with Gasteiger partial charge in [-0.3, -0.25) is 14.5 Å². The Bertz CT molecular complexity index is 857. The number of nitrogens with one attached hydrogen (secondary N) is 1. The maximum atomic E-state index is 12.9. The molecule has 2 aromatic rings.